The van der Waals surface area contributed by atoms with E-state index in [-0.39, 0.29) is 5.91 Å². The molecular weight excluding hydrogens is 300 g/mol. The molecule has 1 heterocycles. The molecule has 0 aliphatic carbocycles. The summed E-state index contributed by atoms with van der Waals surface area (Å²) in [6.45, 7) is 2.01. The Bertz CT molecular complexity index is 598. The van der Waals surface area contributed by atoms with Crippen LogP contribution in [0.25, 0.3) is 0 Å². The standard InChI is InChI=1S/C13H13ClN2OS2/c1-8-9(5-12(19-8)13(17)16-15)7-18-11-4-2-3-10(14)6-11/h2-6H,7,15H2,1H3,(H,16,17). The van der Waals surface area contributed by atoms with E-state index in [2.05, 4.69) is 5.43 Å². The number of nitrogens with one attached hydrogen (secondary N) is 1. The van der Waals surface area contributed by atoms with Crippen molar-refractivity contribution in [1.82, 2.24) is 5.43 Å². The summed E-state index contributed by atoms with van der Waals surface area (Å²) in [5.41, 5.74) is 3.30. The smallest absolute Gasteiger partial charge is 0.275 e. The minimum absolute atomic E-state index is 0.243. The number of halogens is 1. The summed E-state index contributed by atoms with van der Waals surface area (Å²) < 4.78 is 0. The quantitative estimate of drug-likeness (QED) is 0.392. The zero-order valence-corrected chi connectivity index (χ0v) is 12.7. The number of thioether (sulfide) groups is 1. The second-order valence-corrected chi connectivity index (χ2v) is 6.65. The fourth-order valence-electron chi connectivity index (χ4n) is 1.56. The fourth-order valence-corrected chi connectivity index (χ4v) is 3.86. The molecular formula is C13H13ClN2OS2. The third-order valence-corrected chi connectivity index (χ3v) is 4.94. The number of amides is 1. The zero-order valence-electron chi connectivity index (χ0n) is 10.3. The van der Waals surface area contributed by atoms with Crippen LogP contribution in [0.1, 0.15) is 20.1 Å². The minimum Gasteiger partial charge on any atom is -0.289 e. The number of hydrazine groups is 1. The van der Waals surface area contributed by atoms with Crippen molar-refractivity contribution in [3.63, 3.8) is 0 Å². The van der Waals surface area contributed by atoms with Crippen LogP contribution in [0.5, 0.6) is 0 Å². The Balaban J connectivity index is 2.07. The molecule has 0 atom stereocenters. The van der Waals surface area contributed by atoms with Crippen LogP contribution in [-0.4, -0.2) is 5.91 Å². The molecule has 0 radical (unpaired) electrons. The van der Waals surface area contributed by atoms with E-state index in [0.717, 1.165) is 26.1 Å². The van der Waals surface area contributed by atoms with Gasteiger partial charge in [-0.2, -0.15) is 0 Å². The Morgan fingerprint density at radius 3 is 2.95 bits per heavy atom. The van der Waals surface area contributed by atoms with E-state index in [9.17, 15) is 4.79 Å². The highest BCUT2D eigenvalue weighted by molar-refractivity contribution is 7.98. The average Bonchev–Trinajstić information content (AvgIpc) is 2.77. The van der Waals surface area contributed by atoms with Crippen LogP contribution < -0.4 is 11.3 Å². The Hall–Kier alpha value is -1.01. The van der Waals surface area contributed by atoms with Crippen LogP contribution in [0.15, 0.2) is 35.2 Å². The van der Waals surface area contributed by atoms with Gasteiger partial charge in [-0.05, 0) is 36.8 Å². The molecule has 1 aromatic heterocycles. The Kier molecular flexibility index (Phi) is 4.87. The number of rotatable bonds is 4. The van der Waals surface area contributed by atoms with Gasteiger partial charge in [-0.25, -0.2) is 5.84 Å². The first-order chi connectivity index (χ1) is 9.10. The Morgan fingerprint density at radius 2 is 2.26 bits per heavy atom. The molecule has 1 aromatic carbocycles. The van der Waals surface area contributed by atoms with Crippen molar-refractivity contribution in [1.29, 1.82) is 0 Å². The summed E-state index contributed by atoms with van der Waals surface area (Å²) in [5, 5.41) is 0.732. The maximum Gasteiger partial charge on any atom is 0.275 e. The molecule has 3 nitrogen and oxygen atoms in total. The van der Waals surface area contributed by atoms with Crippen LogP contribution in [0.3, 0.4) is 0 Å². The number of nitrogen functional groups attached to an aromatic ring is 1. The van der Waals surface area contributed by atoms with E-state index in [1.165, 1.54) is 11.3 Å². The van der Waals surface area contributed by atoms with Crippen LogP contribution in [0.4, 0.5) is 0 Å². The molecule has 0 aliphatic heterocycles. The molecule has 2 rings (SSSR count). The molecule has 3 N–H and O–H groups in total. The highest BCUT2D eigenvalue weighted by Crippen LogP contribution is 2.30. The van der Waals surface area contributed by atoms with Gasteiger partial charge in [0.2, 0.25) is 0 Å². The Morgan fingerprint density at radius 1 is 1.47 bits per heavy atom. The van der Waals surface area contributed by atoms with Crippen LogP contribution in [-0.2, 0) is 5.75 Å². The maximum atomic E-state index is 11.4. The molecule has 1 amide bonds. The van der Waals surface area contributed by atoms with E-state index in [4.69, 9.17) is 17.4 Å². The van der Waals surface area contributed by atoms with Crippen molar-refractivity contribution in [2.24, 2.45) is 5.84 Å². The van der Waals surface area contributed by atoms with E-state index in [0.29, 0.717) is 4.88 Å². The summed E-state index contributed by atoms with van der Waals surface area (Å²) in [5.74, 6) is 5.69. The molecule has 19 heavy (non-hydrogen) atoms. The summed E-state index contributed by atoms with van der Waals surface area (Å²) in [4.78, 5) is 14.3. The summed E-state index contributed by atoms with van der Waals surface area (Å²) in [6.07, 6.45) is 0. The van der Waals surface area contributed by atoms with Gasteiger partial charge in [0, 0.05) is 20.5 Å². The highest BCUT2D eigenvalue weighted by Gasteiger charge is 2.11. The number of hydrogen-bond donors (Lipinski definition) is 2. The second-order valence-electron chi connectivity index (χ2n) is 3.91. The predicted molar refractivity (Wildman–Crippen MR) is 81.7 cm³/mol. The molecule has 100 valence electrons. The van der Waals surface area contributed by atoms with Crippen molar-refractivity contribution in [2.45, 2.75) is 17.6 Å². The molecule has 0 aliphatic rings. The lowest BCUT2D eigenvalue weighted by atomic mass is 10.3. The molecule has 0 spiro atoms. The molecule has 2 aromatic rings. The molecule has 6 heteroatoms. The van der Waals surface area contributed by atoms with Gasteiger partial charge >= 0.3 is 0 Å². The predicted octanol–water partition coefficient (Wildman–Crippen LogP) is 3.61. The number of aryl methyl sites for hydroxylation is 1. The first-order valence-corrected chi connectivity index (χ1v) is 7.77. The first-order valence-electron chi connectivity index (χ1n) is 5.59. The maximum absolute atomic E-state index is 11.4. The summed E-state index contributed by atoms with van der Waals surface area (Å²) in [7, 11) is 0. The third kappa shape index (κ3) is 3.73. The third-order valence-electron chi connectivity index (χ3n) is 2.57. The van der Waals surface area contributed by atoms with Crippen molar-refractivity contribution in [2.75, 3.05) is 0 Å². The van der Waals surface area contributed by atoms with Gasteiger partial charge in [-0.15, -0.1) is 23.1 Å². The van der Waals surface area contributed by atoms with Gasteiger partial charge in [-0.3, -0.25) is 10.2 Å². The van der Waals surface area contributed by atoms with E-state index >= 15 is 0 Å². The van der Waals surface area contributed by atoms with E-state index < -0.39 is 0 Å². The number of carbonyl (C=O) groups is 1. The lowest BCUT2D eigenvalue weighted by Crippen LogP contribution is -2.29. The number of benzene rings is 1. The second kappa shape index (κ2) is 6.43. The van der Waals surface area contributed by atoms with Gasteiger partial charge in [0.05, 0.1) is 4.88 Å². The largest absolute Gasteiger partial charge is 0.289 e. The lowest BCUT2D eigenvalue weighted by molar-refractivity contribution is 0.0957. The molecule has 0 unspecified atom stereocenters. The lowest BCUT2D eigenvalue weighted by Gasteiger charge is -2.01. The van der Waals surface area contributed by atoms with Gasteiger partial charge < -0.3 is 0 Å². The normalized spacial score (nSPS) is 10.5. The van der Waals surface area contributed by atoms with Gasteiger partial charge in [0.25, 0.3) is 5.91 Å². The van der Waals surface area contributed by atoms with Gasteiger partial charge in [0.15, 0.2) is 0 Å². The molecule has 0 bridgehead atoms. The minimum atomic E-state index is -0.243. The Labute approximate surface area is 125 Å². The first kappa shape index (κ1) is 14.4. The van der Waals surface area contributed by atoms with Gasteiger partial charge in [0.1, 0.15) is 0 Å². The van der Waals surface area contributed by atoms with E-state index in [1.807, 2.05) is 37.3 Å². The number of carbonyl (C=O) groups excluding carboxylic acids is 1. The molecule has 0 saturated carbocycles. The van der Waals surface area contributed by atoms with Gasteiger partial charge in [-0.1, -0.05) is 17.7 Å². The van der Waals surface area contributed by atoms with Crippen molar-refractivity contribution >= 4 is 40.6 Å². The summed E-state index contributed by atoms with van der Waals surface area (Å²) in [6, 6.07) is 9.62. The van der Waals surface area contributed by atoms with Crippen molar-refractivity contribution in [3.8, 4) is 0 Å². The summed E-state index contributed by atoms with van der Waals surface area (Å²) >= 11 is 9.09. The monoisotopic (exact) mass is 312 g/mol. The van der Waals surface area contributed by atoms with E-state index in [1.54, 1.807) is 11.8 Å². The van der Waals surface area contributed by atoms with Crippen LogP contribution in [0.2, 0.25) is 5.02 Å². The highest BCUT2D eigenvalue weighted by atomic mass is 35.5. The number of thiophene rings is 1. The van der Waals surface area contributed by atoms with Crippen molar-refractivity contribution < 1.29 is 4.79 Å². The fraction of sp³-hybridized carbons (Fsp3) is 0.154. The number of hydrogen-bond acceptors (Lipinski definition) is 4. The molecule has 0 fully saturated rings. The average molecular weight is 313 g/mol. The van der Waals surface area contributed by atoms with Crippen LogP contribution in [0, 0.1) is 6.92 Å². The zero-order chi connectivity index (χ0) is 13.8. The van der Waals surface area contributed by atoms with Crippen molar-refractivity contribution in [3.05, 3.63) is 50.7 Å². The SMILES string of the molecule is Cc1sc(C(=O)NN)cc1CSc1cccc(Cl)c1. The molecule has 0 saturated heterocycles. The van der Waals surface area contributed by atoms with Crippen LogP contribution >= 0.6 is 34.7 Å². The number of nitrogens with two attached hydrogens (primary N) is 1. The topological polar surface area (TPSA) is 55.1 Å².